The molecule has 0 atom stereocenters. The van der Waals surface area contributed by atoms with Gasteiger partial charge in [-0.05, 0) is 0 Å². The highest BCUT2D eigenvalue weighted by Crippen LogP contribution is 1.53. The van der Waals surface area contributed by atoms with Gasteiger partial charge in [0.1, 0.15) is 6.54 Å². The molecule has 0 saturated carbocycles. The lowest BCUT2D eigenvalue weighted by atomic mass is 10.7. The SMILES string of the molecule is CCNNCC(=O)O.Cl. The number of rotatable bonds is 4. The molecule has 0 aromatic carbocycles. The van der Waals surface area contributed by atoms with E-state index in [4.69, 9.17) is 5.11 Å². The number of hydrazine groups is 1. The molecule has 0 spiro atoms. The maximum atomic E-state index is 9.77. The monoisotopic (exact) mass is 154 g/mol. The lowest BCUT2D eigenvalue weighted by molar-refractivity contribution is -0.136. The second kappa shape index (κ2) is 7.68. The summed E-state index contributed by atoms with van der Waals surface area (Å²) in [6.45, 7) is 2.58. The van der Waals surface area contributed by atoms with E-state index in [0.29, 0.717) is 0 Å². The smallest absolute Gasteiger partial charge is 0.318 e. The Balaban J connectivity index is 0. The highest BCUT2D eigenvalue weighted by molar-refractivity contribution is 5.85. The van der Waals surface area contributed by atoms with Crippen LogP contribution >= 0.6 is 12.4 Å². The summed E-state index contributed by atoms with van der Waals surface area (Å²) in [6.07, 6.45) is 0. The van der Waals surface area contributed by atoms with E-state index >= 15 is 0 Å². The third-order valence-corrected chi connectivity index (χ3v) is 0.541. The molecule has 56 valence electrons. The molecule has 0 aromatic rings. The third kappa shape index (κ3) is 11.3. The largest absolute Gasteiger partial charge is 0.480 e. The van der Waals surface area contributed by atoms with Crippen LogP contribution in [0, 0.1) is 0 Å². The van der Waals surface area contributed by atoms with Crippen LogP contribution in [0.1, 0.15) is 6.92 Å². The van der Waals surface area contributed by atoms with Gasteiger partial charge in [-0.25, -0.2) is 5.43 Å². The molecule has 0 rings (SSSR count). The van der Waals surface area contributed by atoms with E-state index < -0.39 is 5.97 Å². The lowest BCUT2D eigenvalue weighted by Crippen LogP contribution is -2.35. The zero-order chi connectivity index (χ0) is 6.41. The molecule has 0 saturated heterocycles. The van der Waals surface area contributed by atoms with Gasteiger partial charge in [-0.2, -0.15) is 0 Å². The van der Waals surface area contributed by atoms with Crippen LogP contribution in [0.3, 0.4) is 0 Å². The summed E-state index contributed by atoms with van der Waals surface area (Å²) in [6, 6.07) is 0. The Kier molecular flexibility index (Phi) is 9.79. The molecule has 5 heteroatoms. The Labute approximate surface area is 60.0 Å². The van der Waals surface area contributed by atoms with Crippen LogP contribution in [0.5, 0.6) is 0 Å². The van der Waals surface area contributed by atoms with Crippen molar-refractivity contribution in [2.45, 2.75) is 6.92 Å². The van der Waals surface area contributed by atoms with E-state index in [1.807, 2.05) is 6.92 Å². The Morgan fingerprint density at radius 2 is 2.11 bits per heavy atom. The molecule has 0 aliphatic carbocycles. The van der Waals surface area contributed by atoms with Crippen molar-refractivity contribution in [3.8, 4) is 0 Å². The second-order valence-corrected chi connectivity index (χ2v) is 1.28. The van der Waals surface area contributed by atoms with Crippen molar-refractivity contribution in [1.29, 1.82) is 0 Å². The number of hydrogen-bond acceptors (Lipinski definition) is 3. The molecule has 0 heterocycles. The molecule has 0 fully saturated rings. The summed E-state index contributed by atoms with van der Waals surface area (Å²) in [5.41, 5.74) is 5.13. The average molecular weight is 155 g/mol. The lowest BCUT2D eigenvalue weighted by Gasteiger charge is -1.97. The first-order valence-electron chi connectivity index (χ1n) is 2.45. The number of carbonyl (C=O) groups is 1. The van der Waals surface area contributed by atoms with E-state index in [0.717, 1.165) is 6.54 Å². The van der Waals surface area contributed by atoms with E-state index in [1.165, 1.54) is 0 Å². The minimum Gasteiger partial charge on any atom is -0.480 e. The van der Waals surface area contributed by atoms with Gasteiger partial charge < -0.3 is 5.11 Å². The van der Waals surface area contributed by atoms with Gasteiger partial charge in [-0.15, -0.1) is 12.4 Å². The van der Waals surface area contributed by atoms with Crippen LogP contribution in [0.15, 0.2) is 0 Å². The predicted molar refractivity (Wildman–Crippen MR) is 36.6 cm³/mol. The fourth-order valence-corrected chi connectivity index (χ4v) is 0.263. The van der Waals surface area contributed by atoms with Crippen molar-refractivity contribution in [3.63, 3.8) is 0 Å². The summed E-state index contributed by atoms with van der Waals surface area (Å²) < 4.78 is 0. The number of hydrogen-bond donors (Lipinski definition) is 3. The highest BCUT2D eigenvalue weighted by Gasteiger charge is 1.90. The van der Waals surface area contributed by atoms with Crippen molar-refractivity contribution >= 4 is 18.4 Å². The van der Waals surface area contributed by atoms with Crippen molar-refractivity contribution in [3.05, 3.63) is 0 Å². The first-order chi connectivity index (χ1) is 3.77. The Hall–Kier alpha value is -0.320. The summed E-state index contributed by atoms with van der Waals surface area (Å²) in [5, 5.41) is 8.04. The van der Waals surface area contributed by atoms with Crippen LogP contribution in [-0.2, 0) is 4.79 Å². The van der Waals surface area contributed by atoms with E-state index in [9.17, 15) is 4.79 Å². The standard InChI is InChI=1S/C4H10N2O2.ClH/c1-2-5-6-3-4(7)8;/h5-6H,2-3H2,1H3,(H,7,8);1H. The van der Waals surface area contributed by atoms with E-state index in [2.05, 4.69) is 10.9 Å². The van der Waals surface area contributed by atoms with Gasteiger partial charge in [0.05, 0.1) is 0 Å². The topological polar surface area (TPSA) is 61.4 Å². The molecular formula is C4H11ClN2O2. The normalized spacial score (nSPS) is 8.11. The molecule has 3 N–H and O–H groups in total. The molecule has 0 unspecified atom stereocenters. The number of halogens is 1. The molecule has 0 aliphatic heterocycles. The van der Waals surface area contributed by atoms with E-state index in [-0.39, 0.29) is 19.0 Å². The minimum atomic E-state index is -0.856. The fourth-order valence-electron chi connectivity index (χ4n) is 0.263. The van der Waals surface area contributed by atoms with Crippen LogP contribution < -0.4 is 10.9 Å². The quantitative estimate of drug-likeness (QED) is 0.381. The molecule has 9 heavy (non-hydrogen) atoms. The summed E-state index contributed by atoms with van der Waals surface area (Å²) in [4.78, 5) is 9.77. The van der Waals surface area contributed by atoms with Crippen LogP contribution in [-0.4, -0.2) is 24.2 Å². The van der Waals surface area contributed by atoms with Crippen molar-refractivity contribution in [1.82, 2.24) is 10.9 Å². The fraction of sp³-hybridized carbons (Fsp3) is 0.750. The molecule has 0 aromatic heterocycles. The molecule has 0 amide bonds. The summed E-state index contributed by atoms with van der Waals surface area (Å²) in [5.74, 6) is -0.856. The van der Waals surface area contributed by atoms with Gasteiger partial charge in [0, 0.05) is 6.54 Å². The summed E-state index contributed by atoms with van der Waals surface area (Å²) in [7, 11) is 0. The maximum absolute atomic E-state index is 9.77. The van der Waals surface area contributed by atoms with Crippen molar-refractivity contribution < 1.29 is 9.90 Å². The Bertz CT molecular complexity index is 79.0. The van der Waals surface area contributed by atoms with Crippen LogP contribution in [0.25, 0.3) is 0 Å². The Morgan fingerprint density at radius 3 is 2.44 bits per heavy atom. The zero-order valence-electron chi connectivity index (χ0n) is 5.18. The molecule has 0 aliphatic rings. The number of nitrogens with one attached hydrogen (secondary N) is 2. The zero-order valence-corrected chi connectivity index (χ0v) is 5.99. The minimum absolute atomic E-state index is 0. The van der Waals surface area contributed by atoms with Crippen molar-refractivity contribution in [2.24, 2.45) is 0 Å². The van der Waals surface area contributed by atoms with Gasteiger partial charge in [0.15, 0.2) is 0 Å². The van der Waals surface area contributed by atoms with Crippen LogP contribution in [0.4, 0.5) is 0 Å². The molecule has 4 nitrogen and oxygen atoms in total. The number of aliphatic carboxylic acids is 1. The van der Waals surface area contributed by atoms with E-state index in [1.54, 1.807) is 0 Å². The molecular weight excluding hydrogens is 144 g/mol. The molecule has 0 radical (unpaired) electrons. The maximum Gasteiger partial charge on any atom is 0.318 e. The predicted octanol–water partition coefficient (Wildman–Crippen LogP) is -0.393. The van der Waals surface area contributed by atoms with Gasteiger partial charge in [-0.1, -0.05) is 6.92 Å². The Morgan fingerprint density at radius 1 is 1.56 bits per heavy atom. The third-order valence-electron chi connectivity index (χ3n) is 0.541. The first-order valence-corrected chi connectivity index (χ1v) is 2.45. The van der Waals surface area contributed by atoms with Gasteiger partial charge >= 0.3 is 5.97 Å². The van der Waals surface area contributed by atoms with Gasteiger partial charge in [-0.3, -0.25) is 10.2 Å². The average Bonchev–Trinajstić information content (AvgIpc) is 1.66. The number of carboxylic acid groups (broad SMARTS) is 1. The van der Waals surface area contributed by atoms with Crippen LogP contribution in [0.2, 0.25) is 0 Å². The van der Waals surface area contributed by atoms with Crippen molar-refractivity contribution in [2.75, 3.05) is 13.1 Å². The van der Waals surface area contributed by atoms with Gasteiger partial charge in [0.2, 0.25) is 0 Å². The highest BCUT2D eigenvalue weighted by atomic mass is 35.5. The first kappa shape index (κ1) is 11.5. The number of carboxylic acids is 1. The second-order valence-electron chi connectivity index (χ2n) is 1.28. The molecule has 0 bridgehead atoms. The van der Waals surface area contributed by atoms with Gasteiger partial charge in [0.25, 0.3) is 0 Å². The summed E-state index contributed by atoms with van der Waals surface area (Å²) >= 11 is 0.